The van der Waals surface area contributed by atoms with E-state index in [-0.39, 0.29) is 22.2 Å². The van der Waals surface area contributed by atoms with E-state index in [4.69, 9.17) is 5.14 Å². The van der Waals surface area contributed by atoms with Crippen LogP contribution in [0, 0.1) is 13.8 Å². The molecule has 5 aromatic rings. The number of nitrogens with one attached hydrogen (secondary N) is 1. The molecule has 4 N–H and O–H groups in total. The van der Waals surface area contributed by atoms with Crippen LogP contribution >= 0.6 is 0 Å². The van der Waals surface area contributed by atoms with Gasteiger partial charge in [0.05, 0.1) is 10.6 Å². The summed E-state index contributed by atoms with van der Waals surface area (Å²) in [5.41, 5.74) is 11.0. The number of phenols is 1. The van der Waals surface area contributed by atoms with Crippen molar-refractivity contribution < 1.29 is 18.1 Å². The number of phenolic OH excluding ortho intramolecular Hbond substituents is 1. The molecule has 1 aromatic heterocycles. The predicted molar refractivity (Wildman–Crippen MR) is 191 cm³/mol. The summed E-state index contributed by atoms with van der Waals surface area (Å²) in [5.74, 6) is 0.232. The van der Waals surface area contributed by atoms with Crippen LogP contribution in [0.15, 0.2) is 129 Å². The summed E-state index contributed by atoms with van der Waals surface area (Å²) in [5, 5.41) is 29.1. The molecule has 1 heterocycles. The lowest BCUT2D eigenvalue weighted by Gasteiger charge is -2.09. The van der Waals surface area contributed by atoms with E-state index in [0.717, 1.165) is 29.1 Å². The first kappa shape index (κ1) is 34.2. The molecule has 5 rings (SSSR count). The zero-order valence-corrected chi connectivity index (χ0v) is 28.3. The van der Waals surface area contributed by atoms with Crippen LogP contribution in [0.4, 0.5) is 11.4 Å². The van der Waals surface area contributed by atoms with Gasteiger partial charge >= 0.3 is 0 Å². The number of primary sulfonamides is 1. The maximum absolute atomic E-state index is 11.6. The second kappa shape index (κ2) is 15.6. The van der Waals surface area contributed by atoms with Gasteiger partial charge in [0.2, 0.25) is 21.5 Å². The minimum atomic E-state index is -3.81. The van der Waals surface area contributed by atoms with Crippen LogP contribution in [0.3, 0.4) is 0 Å². The Bertz CT molecular complexity index is 2000. The van der Waals surface area contributed by atoms with E-state index in [1.54, 1.807) is 24.3 Å². The number of amidine groups is 1. The molecule has 0 unspecified atom stereocenters. The molecule has 0 amide bonds. The fraction of sp³-hybridized carbons (Fsp3) is 0.211. The molecular formula is C38H41N6O3S+. The van der Waals surface area contributed by atoms with Crippen LogP contribution in [0.1, 0.15) is 55.1 Å². The Morgan fingerprint density at radius 1 is 0.812 bits per heavy atom. The van der Waals surface area contributed by atoms with Gasteiger partial charge in [-0.1, -0.05) is 80.8 Å². The third-order valence-corrected chi connectivity index (χ3v) is 8.95. The lowest BCUT2D eigenvalue weighted by atomic mass is 10.0. The van der Waals surface area contributed by atoms with Crippen molar-refractivity contribution in [1.29, 1.82) is 0 Å². The van der Waals surface area contributed by atoms with Gasteiger partial charge in [0, 0.05) is 43.7 Å². The molecule has 0 radical (unpaired) electrons. The molecule has 10 heteroatoms. The fourth-order valence-electron chi connectivity index (χ4n) is 5.49. The highest BCUT2D eigenvalue weighted by Crippen LogP contribution is 2.29. The molecule has 0 aliphatic rings. The van der Waals surface area contributed by atoms with Crippen LogP contribution in [-0.2, 0) is 16.4 Å². The summed E-state index contributed by atoms with van der Waals surface area (Å²) in [4.78, 5) is -0.00417. The number of pyridine rings is 1. The van der Waals surface area contributed by atoms with Gasteiger partial charge in [-0.25, -0.2) is 13.6 Å². The van der Waals surface area contributed by atoms with Gasteiger partial charge in [-0.3, -0.25) is 5.43 Å². The Balaban J connectivity index is 1.39. The van der Waals surface area contributed by atoms with Crippen molar-refractivity contribution in [3.63, 3.8) is 0 Å². The molecular weight excluding hydrogens is 621 g/mol. The quantitative estimate of drug-likeness (QED) is 0.0310. The normalized spacial score (nSPS) is 12.0. The van der Waals surface area contributed by atoms with E-state index in [1.807, 2.05) is 36.4 Å². The van der Waals surface area contributed by atoms with Crippen molar-refractivity contribution in [3.05, 3.63) is 132 Å². The largest absolute Gasteiger partial charge is 0.506 e. The number of hydrazone groups is 1. The number of benzene rings is 4. The lowest BCUT2D eigenvalue weighted by Crippen LogP contribution is -2.37. The maximum Gasteiger partial charge on any atom is 0.238 e. The summed E-state index contributed by atoms with van der Waals surface area (Å²) < 4.78 is 25.3. The standard InChI is InChI=1S/C38H40N6O3S/c1-4-5-6-8-11-29-14-16-30(17-15-29)32-24-27(2)44(28(3)25-32)34-20-23-37(45)36(26-34)41-43-38(31-12-9-7-10-13-31)42-40-33-18-21-35(22-19-33)48(39,46)47/h7,9-10,12-26H,4-6,8,11H2,1-3H3,(H3-,39,40,41,42,43,45,46,47)/p+1. The third-order valence-electron chi connectivity index (χ3n) is 8.02. The number of aromatic hydroxyl groups is 1. The zero-order valence-electron chi connectivity index (χ0n) is 27.5. The number of unbranched alkanes of at least 4 members (excludes halogenated alkanes) is 3. The number of azo groups is 1. The first-order valence-corrected chi connectivity index (χ1v) is 17.6. The van der Waals surface area contributed by atoms with Gasteiger partial charge in [0.1, 0.15) is 11.4 Å². The average molecular weight is 662 g/mol. The van der Waals surface area contributed by atoms with Gasteiger partial charge in [0.25, 0.3) is 0 Å². The number of hydrogen-bond acceptors (Lipinski definition) is 6. The van der Waals surface area contributed by atoms with Crippen LogP contribution in [0.25, 0.3) is 16.8 Å². The van der Waals surface area contributed by atoms with Crippen molar-refractivity contribution in [2.24, 2.45) is 20.5 Å². The molecule has 48 heavy (non-hydrogen) atoms. The topological polar surface area (TPSA) is 133 Å². The number of aryl methyl sites for hydroxylation is 3. The Labute approximate surface area is 282 Å². The predicted octanol–water partition coefficient (Wildman–Crippen LogP) is 8.28. The first-order valence-electron chi connectivity index (χ1n) is 16.0. The molecule has 0 aliphatic carbocycles. The van der Waals surface area contributed by atoms with Gasteiger partial charge in [-0.15, -0.1) is 10.2 Å². The van der Waals surface area contributed by atoms with Gasteiger partial charge in [-0.2, -0.15) is 9.67 Å². The smallest absolute Gasteiger partial charge is 0.238 e. The van der Waals surface area contributed by atoms with Crippen LogP contribution in [-0.4, -0.2) is 19.4 Å². The number of anilines is 1. The second-order valence-electron chi connectivity index (χ2n) is 11.7. The molecule has 0 saturated heterocycles. The van der Waals surface area contributed by atoms with E-state index >= 15 is 0 Å². The minimum absolute atomic E-state index is 0.00417. The summed E-state index contributed by atoms with van der Waals surface area (Å²) >= 11 is 0. The SMILES string of the molecule is CCCCCCc1ccc(-c2cc(C)[n+](-c3ccc(O)c(N=N/C(=N/Nc4ccc(S(N)(=O)=O)cc4)c4ccccc4)c3)c(C)c2)cc1. The summed E-state index contributed by atoms with van der Waals surface area (Å²) in [7, 11) is -3.81. The van der Waals surface area contributed by atoms with E-state index in [2.05, 4.69) is 82.5 Å². The Kier molecular flexibility index (Phi) is 11.1. The molecule has 0 aliphatic heterocycles. The second-order valence-corrected chi connectivity index (χ2v) is 13.3. The van der Waals surface area contributed by atoms with E-state index in [1.165, 1.54) is 48.9 Å². The highest BCUT2D eigenvalue weighted by Gasteiger charge is 2.19. The van der Waals surface area contributed by atoms with Crippen LogP contribution in [0.2, 0.25) is 0 Å². The minimum Gasteiger partial charge on any atom is -0.506 e. The van der Waals surface area contributed by atoms with Gasteiger partial charge in [0.15, 0.2) is 11.4 Å². The zero-order chi connectivity index (χ0) is 34.1. The Morgan fingerprint density at radius 2 is 1.50 bits per heavy atom. The van der Waals surface area contributed by atoms with Crippen molar-refractivity contribution in [2.75, 3.05) is 5.43 Å². The molecule has 246 valence electrons. The summed E-state index contributed by atoms with van der Waals surface area (Å²) in [6.07, 6.45) is 6.14. The van der Waals surface area contributed by atoms with Crippen LogP contribution in [0.5, 0.6) is 5.75 Å². The van der Waals surface area contributed by atoms with Crippen molar-refractivity contribution >= 4 is 27.2 Å². The monoisotopic (exact) mass is 661 g/mol. The molecule has 4 aromatic carbocycles. The molecule has 0 saturated carbocycles. The molecule has 9 nitrogen and oxygen atoms in total. The average Bonchev–Trinajstić information content (AvgIpc) is 3.08. The number of rotatable bonds is 12. The first-order chi connectivity index (χ1) is 23.1. The lowest BCUT2D eigenvalue weighted by molar-refractivity contribution is -0.609. The van der Waals surface area contributed by atoms with Crippen molar-refractivity contribution in [3.8, 4) is 22.6 Å². The fourth-order valence-corrected chi connectivity index (χ4v) is 6.01. The highest BCUT2D eigenvalue weighted by atomic mass is 32.2. The molecule has 0 spiro atoms. The Hall–Kier alpha value is -5.19. The number of nitrogens with zero attached hydrogens (tertiary/aromatic N) is 4. The van der Waals surface area contributed by atoms with Gasteiger partial charge in [-0.05, 0) is 59.9 Å². The van der Waals surface area contributed by atoms with Gasteiger partial charge < -0.3 is 5.11 Å². The third kappa shape index (κ3) is 8.78. The molecule has 0 atom stereocenters. The number of hydrogen-bond donors (Lipinski definition) is 3. The summed E-state index contributed by atoms with van der Waals surface area (Å²) in [6, 6.07) is 33.6. The van der Waals surface area contributed by atoms with Crippen LogP contribution < -0.4 is 15.1 Å². The maximum atomic E-state index is 11.6. The highest BCUT2D eigenvalue weighted by molar-refractivity contribution is 7.89. The number of sulfonamides is 1. The Morgan fingerprint density at radius 3 is 2.15 bits per heavy atom. The number of aromatic nitrogens is 1. The molecule has 0 fully saturated rings. The van der Waals surface area contributed by atoms with E-state index in [0.29, 0.717) is 11.3 Å². The summed E-state index contributed by atoms with van der Waals surface area (Å²) in [6.45, 7) is 6.36. The van der Waals surface area contributed by atoms with E-state index in [9.17, 15) is 13.5 Å². The van der Waals surface area contributed by atoms with E-state index < -0.39 is 10.0 Å². The number of nitrogens with two attached hydrogens (primary N) is 1. The van der Waals surface area contributed by atoms with Crippen molar-refractivity contribution in [2.45, 2.75) is 57.8 Å². The van der Waals surface area contributed by atoms with Crippen molar-refractivity contribution in [1.82, 2.24) is 0 Å². The molecule has 0 bridgehead atoms.